The number of pyridine rings is 1. The zero-order valence-corrected chi connectivity index (χ0v) is 17.1. The number of amides is 2. The van der Waals surface area contributed by atoms with Gasteiger partial charge in [0.25, 0.3) is 5.91 Å². The predicted molar refractivity (Wildman–Crippen MR) is 115 cm³/mol. The monoisotopic (exact) mass is 435 g/mol. The molecule has 2 heterocycles. The van der Waals surface area contributed by atoms with E-state index in [9.17, 15) is 19.1 Å². The van der Waals surface area contributed by atoms with Crippen molar-refractivity contribution in [3.63, 3.8) is 0 Å². The number of ether oxygens (including phenoxy) is 1. The predicted octanol–water partition coefficient (Wildman–Crippen LogP) is 2.93. The number of aromatic nitrogens is 1. The van der Waals surface area contributed by atoms with E-state index in [2.05, 4.69) is 10.3 Å². The first-order chi connectivity index (χ1) is 15.5. The van der Waals surface area contributed by atoms with Crippen molar-refractivity contribution in [2.24, 2.45) is 0 Å². The van der Waals surface area contributed by atoms with Crippen LogP contribution < -0.4 is 5.32 Å². The molecule has 2 aromatic carbocycles. The summed E-state index contributed by atoms with van der Waals surface area (Å²) in [6, 6.07) is 16.9. The highest BCUT2D eigenvalue weighted by Gasteiger charge is 2.34. The maximum atomic E-state index is 13.3. The number of nitrogens with one attached hydrogen (secondary N) is 1. The summed E-state index contributed by atoms with van der Waals surface area (Å²) in [4.78, 5) is 30.6. The van der Waals surface area contributed by atoms with E-state index in [1.165, 1.54) is 18.2 Å². The van der Waals surface area contributed by atoms with Crippen LogP contribution in [0.3, 0.4) is 0 Å². The van der Waals surface area contributed by atoms with E-state index in [0.29, 0.717) is 11.3 Å². The molecule has 32 heavy (non-hydrogen) atoms. The largest absolute Gasteiger partial charge is 0.386 e. The van der Waals surface area contributed by atoms with Gasteiger partial charge in [0.05, 0.1) is 24.9 Å². The lowest BCUT2D eigenvalue weighted by atomic mass is 9.99. The normalized spacial score (nSPS) is 17.1. The summed E-state index contributed by atoms with van der Waals surface area (Å²) in [5.74, 6) is -1.15. The Morgan fingerprint density at radius 3 is 2.72 bits per heavy atom. The number of carbonyl (C=O) groups excluding carboxylic acids is 2. The van der Waals surface area contributed by atoms with E-state index >= 15 is 0 Å². The third-order valence-corrected chi connectivity index (χ3v) is 5.25. The first kappa shape index (κ1) is 21.6. The average Bonchev–Trinajstić information content (AvgIpc) is 2.81. The summed E-state index contributed by atoms with van der Waals surface area (Å²) < 4.78 is 18.7. The lowest BCUT2D eigenvalue weighted by Gasteiger charge is -2.38. The SMILES string of the molecule is O=C(Nc1ccc([C@@H](O)[C@H]2COCC(=O)N2Cc2ccccn2)cc1)c1cccc(F)c1. The molecule has 1 aliphatic heterocycles. The van der Waals surface area contributed by atoms with Crippen molar-refractivity contribution in [1.29, 1.82) is 0 Å². The minimum absolute atomic E-state index is 0.0406. The van der Waals surface area contributed by atoms with Crippen molar-refractivity contribution in [3.8, 4) is 0 Å². The molecule has 0 radical (unpaired) electrons. The van der Waals surface area contributed by atoms with Gasteiger partial charge in [0.2, 0.25) is 5.91 Å². The van der Waals surface area contributed by atoms with Crippen molar-refractivity contribution in [2.75, 3.05) is 18.5 Å². The number of hydrogen-bond acceptors (Lipinski definition) is 5. The zero-order valence-electron chi connectivity index (χ0n) is 17.1. The lowest BCUT2D eigenvalue weighted by Crippen LogP contribution is -2.51. The summed E-state index contributed by atoms with van der Waals surface area (Å²) in [6.07, 6.45) is 0.665. The second kappa shape index (κ2) is 9.67. The Morgan fingerprint density at radius 1 is 1.19 bits per heavy atom. The number of anilines is 1. The van der Waals surface area contributed by atoms with E-state index in [1.54, 1.807) is 41.4 Å². The number of carbonyl (C=O) groups is 2. The number of aliphatic hydroxyl groups excluding tert-OH is 1. The Hall–Kier alpha value is -3.62. The van der Waals surface area contributed by atoms with E-state index in [1.807, 2.05) is 12.1 Å². The number of benzene rings is 2. The molecule has 1 aliphatic rings. The first-order valence-corrected chi connectivity index (χ1v) is 10.1. The number of aliphatic hydroxyl groups is 1. The first-order valence-electron chi connectivity index (χ1n) is 10.1. The molecule has 1 saturated heterocycles. The van der Waals surface area contributed by atoms with Crippen LogP contribution >= 0.6 is 0 Å². The van der Waals surface area contributed by atoms with Gasteiger partial charge >= 0.3 is 0 Å². The number of halogens is 1. The summed E-state index contributed by atoms with van der Waals surface area (Å²) >= 11 is 0. The Kier molecular flexibility index (Phi) is 6.53. The lowest BCUT2D eigenvalue weighted by molar-refractivity contribution is -0.155. The molecule has 8 heteroatoms. The summed E-state index contributed by atoms with van der Waals surface area (Å²) in [7, 11) is 0. The molecular weight excluding hydrogens is 413 g/mol. The molecule has 0 aliphatic carbocycles. The minimum atomic E-state index is -0.990. The zero-order chi connectivity index (χ0) is 22.5. The highest BCUT2D eigenvalue weighted by atomic mass is 19.1. The fourth-order valence-corrected chi connectivity index (χ4v) is 3.58. The van der Waals surface area contributed by atoms with Crippen LogP contribution in [-0.4, -0.2) is 46.1 Å². The van der Waals surface area contributed by atoms with E-state index in [4.69, 9.17) is 4.74 Å². The quantitative estimate of drug-likeness (QED) is 0.621. The Bertz CT molecular complexity index is 1090. The third-order valence-electron chi connectivity index (χ3n) is 5.25. The molecular formula is C24H22FN3O4. The van der Waals surface area contributed by atoms with Crippen LogP contribution in [0.2, 0.25) is 0 Å². The van der Waals surface area contributed by atoms with Crippen LogP contribution in [-0.2, 0) is 16.1 Å². The average molecular weight is 435 g/mol. The molecule has 1 fully saturated rings. The standard InChI is InChI=1S/C24H22FN3O4/c25-18-5-3-4-17(12-18)24(31)27-19-9-7-16(8-10-19)23(30)21-14-32-15-22(29)28(21)13-20-6-1-2-11-26-20/h1-12,21,23,30H,13-15H2,(H,27,31)/t21-,23-/m1/s1. The summed E-state index contributed by atoms with van der Waals surface area (Å²) in [5.41, 5.74) is 1.99. The second-order valence-corrected chi connectivity index (χ2v) is 7.46. The van der Waals surface area contributed by atoms with Gasteiger partial charge in [0, 0.05) is 17.4 Å². The Labute approximate surface area is 184 Å². The molecule has 2 amide bonds. The topological polar surface area (TPSA) is 91.8 Å². The van der Waals surface area contributed by atoms with Crippen molar-refractivity contribution in [2.45, 2.75) is 18.7 Å². The van der Waals surface area contributed by atoms with Crippen LogP contribution in [0.1, 0.15) is 27.7 Å². The molecule has 0 unspecified atom stereocenters. The summed E-state index contributed by atoms with van der Waals surface area (Å²) in [5, 5.41) is 13.7. The van der Waals surface area contributed by atoms with Crippen molar-refractivity contribution in [1.82, 2.24) is 9.88 Å². The number of morpholine rings is 1. The molecule has 0 saturated carbocycles. The molecule has 2 N–H and O–H groups in total. The van der Waals surface area contributed by atoms with Crippen LogP contribution in [0.15, 0.2) is 72.9 Å². The van der Waals surface area contributed by atoms with Crippen molar-refractivity contribution < 1.29 is 23.8 Å². The van der Waals surface area contributed by atoms with Crippen molar-refractivity contribution >= 4 is 17.5 Å². The van der Waals surface area contributed by atoms with Crippen LogP contribution in [0.4, 0.5) is 10.1 Å². The maximum Gasteiger partial charge on any atom is 0.255 e. The molecule has 7 nitrogen and oxygen atoms in total. The molecule has 2 atom stereocenters. The smallest absolute Gasteiger partial charge is 0.255 e. The maximum absolute atomic E-state index is 13.3. The molecule has 3 aromatic rings. The second-order valence-electron chi connectivity index (χ2n) is 7.46. The molecule has 0 bridgehead atoms. The van der Waals surface area contributed by atoms with E-state index in [-0.39, 0.29) is 31.2 Å². The van der Waals surface area contributed by atoms with E-state index in [0.717, 1.165) is 11.8 Å². The third kappa shape index (κ3) is 4.99. The summed E-state index contributed by atoms with van der Waals surface area (Å²) in [6.45, 7) is 0.422. The van der Waals surface area contributed by atoms with Gasteiger partial charge in [-0.1, -0.05) is 24.3 Å². The van der Waals surface area contributed by atoms with Crippen molar-refractivity contribution in [3.05, 3.63) is 95.6 Å². The van der Waals surface area contributed by atoms with Gasteiger partial charge in [-0.25, -0.2) is 4.39 Å². The van der Waals surface area contributed by atoms with Crippen LogP contribution in [0, 0.1) is 5.82 Å². The van der Waals surface area contributed by atoms with Gasteiger partial charge in [0.1, 0.15) is 18.5 Å². The van der Waals surface area contributed by atoms with Gasteiger partial charge in [-0.2, -0.15) is 0 Å². The van der Waals surface area contributed by atoms with Gasteiger partial charge in [0.15, 0.2) is 0 Å². The molecule has 0 spiro atoms. The fraction of sp³-hybridized carbons (Fsp3) is 0.208. The number of rotatable bonds is 6. The van der Waals surface area contributed by atoms with Crippen LogP contribution in [0.5, 0.6) is 0 Å². The Morgan fingerprint density at radius 2 is 2.00 bits per heavy atom. The van der Waals surface area contributed by atoms with Gasteiger partial charge in [-0.3, -0.25) is 14.6 Å². The molecule has 4 rings (SSSR count). The number of nitrogens with zero attached hydrogens (tertiary/aromatic N) is 2. The highest BCUT2D eigenvalue weighted by Crippen LogP contribution is 2.26. The number of hydrogen-bond donors (Lipinski definition) is 2. The fourth-order valence-electron chi connectivity index (χ4n) is 3.58. The molecule has 1 aromatic heterocycles. The highest BCUT2D eigenvalue weighted by molar-refractivity contribution is 6.04. The Balaban J connectivity index is 1.46. The minimum Gasteiger partial charge on any atom is -0.386 e. The molecule has 164 valence electrons. The van der Waals surface area contributed by atoms with Gasteiger partial charge in [-0.05, 0) is 48.0 Å². The van der Waals surface area contributed by atoms with E-state index < -0.39 is 23.9 Å². The van der Waals surface area contributed by atoms with Crippen LogP contribution in [0.25, 0.3) is 0 Å². The van der Waals surface area contributed by atoms with Gasteiger partial charge in [-0.15, -0.1) is 0 Å². The van der Waals surface area contributed by atoms with Gasteiger partial charge < -0.3 is 20.1 Å².